The molecule has 1 N–H and O–H groups in total. The van der Waals surface area contributed by atoms with Gasteiger partial charge in [0.1, 0.15) is 5.82 Å². The van der Waals surface area contributed by atoms with E-state index in [0.717, 1.165) is 22.6 Å². The second-order valence-corrected chi connectivity index (χ2v) is 6.64. The van der Waals surface area contributed by atoms with Gasteiger partial charge >= 0.3 is 0 Å². The lowest BCUT2D eigenvalue weighted by Crippen LogP contribution is -2.17. The smallest absolute Gasteiger partial charge is 0.271 e. The Morgan fingerprint density at radius 2 is 1.70 bits per heavy atom. The van der Waals surface area contributed by atoms with Crippen LogP contribution in [0.4, 0.5) is 4.39 Å². The van der Waals surface area contributed by atoms with E-state index in [1.54, 1.807) is 6.21 Å². The molecule has 0 unspecified atom stereocenters. The lowest BCUT2D eigenvalue weighted by atomic mass is 10.1. The Morgan fingerprint density at radius 3 is 2.37 bits per heavy atom. The summed E-state index contributed by atoms with van der Waals surface area (Å²) in [6, 6.07) is 13.7. The molecule has 5 heteroatoms. The van der Waals surface area contributed by atoms with Crippen molar-refractivity contribution in [1.82, 2.24) is 9.99 Å². The summed E-state index contributed by atoms with van der Waals surface area (Å²) >= 11 is 0. The molecule has 3 rings (SSSR count). The molecule has 4 nitrogen and oxygen atoms in total. The number of carbonyl (C=O) groups excluding carboxylic acids is 1. The van der Waals surface area contributed by atoms with Gasteiger partial charge in [-0.2, -0.15) is 5.10 Å². The largest absolute Gasteiger partial charge is 0.318 e. The molecule has 1 heterocycles. The molecule has 3 aromatic rings. The Balaban J connectivity index is 1.79. The van der Waals surface area contributed by atoms with Gasteiger partial charge in [-0.25, -0.2) is 9.82 Å². The van der Waals surface area contributed by atoms with Gasteiger partial charge in [-0.1, -0.05) is 6.07 Å². The molecule has 1 amide bonds. The van der Waals surface area contributed by atoms with Gasteiger partial charge in [0.05, 0.1) is 6.21 Å². The summed E-state index contributed by atoms with van der Waals surface area (Å²) in [6.07, 6.45) is 1.63. The number of aromatic nitrogens is 1. The van der Waals surface area contributed by atoms with E-state index in [2.05, 4.69) is 47.1 Å². The molecular weight excluding hydrogens is 341 g/mol. The van der Waals surface area contributed by atoms with Gasteiger partial charge in [-0.05, 0) is 81.3 Å². The summed E-state index contributed by atoms with van der Waals surface area (Å²) in [5.41, 5.74) is 9.47. The van der Waals surface area contributed by atoms with Gasteiger partial charge in [-0.15, -0.1) is 0 Å². The van der Waals surface area contributed by atoms with Gasteiger partial charge < -0.3 is 4.57 Å². The van der Waals surface area contributed by atoms with E-state index >= 15 is 0 Å². The quantitative estimate of drug-likeness (QED) is 0.534. The molecule has 2 aromatic carbocycles. The highest BCUT2D eigenvalue weighted by Gasteiger charge is 2.10. The van der Waals surface area contributed by atoms with Crippen LogP contribution in [0.2, 0.25) is 0 Å². The van der Waals surface area contributed by atoms with Crippen molar-refractivity contribution < 1.29 is 9.18 Å². The highest BCUT2D eigenvalue weighted by Crippen LogP contribution is 2.21. The summed E-state index contributed by atoms with van der Waals surface area (Å²) in [6.45, 7) is 8.25. The first-order valence-electron chi connectivity index (χ1n) is 8.72. The molecular formula is C22H22FN3O. The highest BCUT2D eigenvalue weighted by molar-refractivity contribution is 5.95. The number of benzene rings is 2. The zero-order valence-electron chi connectivity index (χ0n) is 15.9. The van der Waals surface area contributed by atoms with Crippen molar-refractivity contribution in [2.45, 2.75) is 27.7 Å². The topological polar surface area (TPSA) is 46.4 Å². The van der Waals surface area contributed by atoms with Gasteiger partial charge in [-0.3, -0.25) is 4.79 Å². The summed E-state index contributed by atoms with van der Waals surface area (Å²) < 4.78 is 15.1. The van der Waals surface area contributed by atoms with Gasteiger partial charge in [0.15, 0.2) is 0 Å². The molecule has 138 valence electrons. The first-order valence-corrected chi connectivity index (χ1v) is 8.72. The zero-order valence-corrected chi connectivity index (χ0v) is 15.9. The number of nitrogens with one attached hydrogen (secondary N) is 1. The molecule has 0 saturated heterocycles. The van der Waals surface area contributed by atoms with Crippen molar-refractivity contribution in [1.29, 1.82) is 0 Å². The van der Waals surface area contributed by atoms with Crippen LogP contribution in [0.1, 0.15) is 38.4 Å². The van der Waals surface area contributed by atoms with Crippen LogP contribution in [-0.2, 0) is 0 Å². The first kappa shape index (κ1) is 18.6. The Morgan fingerprint density at radius 1 is 1.00 bits per heavy atom. The van der Waals surface area contributed by atoms with Crippen LogP contribution in [0, 0.1) is 33.5 Å². The molecule has 0 aliphatic heterocycles. The average molecular weight is 363 g/mol. The van der Waals surface area contributed by atoms with Crippen molar-refractivity contribution in [3.8, 4) is 5.69 Å². The van der Waals surface area contributed by atoms with E-state index in [4.69, 9.17) is 0 Å². The fraction of sp³-hybridized carbons (Fsp3) is 0.182. The SMILES string of the molecule is Cc1ccc(-n2c(C)cc(/C=N\NC(=O)c3ccc(F)cc3)c2C)cc1C. The summed E-state index contributed by atoms with van der Waals surface area (Å²) in [4.78, 5) is 12.0. The maximum absolute atomic E-state index is 12.9. The van der Waals surface area contributed by atoms with Crippen LogP contribution in [0.5, 0.6) is 0 Å². The second-order valence-electron chi connectivity index (χ2n) is 6.64. The minimum Gasteiger partial charge on any atom is -0.318 e. The third-order valence-corrected chi connectivity index (χ3v) is 4.70. The minimum atomic E-state index is -0.381. The van der Waals surface area contributed by atoms with Crippen molar-refractivity contribution >= 4 is 12.1 Å². The van der Waals surface area contributed by atoms with Crippen LogP contribution in [-0.4, -0.2) is 16.7 Å². The van der Waals surface area contributed by atoms with Gasteiger partial charge in [0, 0.05) is 28.2 Å². The Bertz CT molecular complexity index is 1020. The van der Waals surface area contributed by atoms with Crippen LogP contribution >= 0.6 is 0 Å². The van der Waals surface area contributed by atoms with E-state index in [1.165, 1.54) is 35.4 Å². The standard InChI is InChI=1S/C22H22FN3O/c1-14-5-10-21(11-15(14)2)26-16(3)12-19(17(26)4)13-24-25-22(27)18-6-8-20(23)9-7-18/h5-13H,1-4H3,(H,25,27)/b24-13-. The Kier molecular flexibility index (Phi) is 5.21. The summed E-state index contributed by atoms with van der Waals surface area (Å²) in [5.74, 6) is -0.761. The van der Waals surface area contributed by atoms with E-state index < -0.39 is 0 Å². The number of aryl methyl sites for hydroxylation is 3. The Labute approximate surface area is 158 Å². The number of amides is 1. The van der Waals surface area contributed by atoms with Crippen LogP contribution in [0.3, 0.4) is 0 Å². The minimum absolute atomic E-state index is 0.356. The molecule has 0 aliphatic carbocycles. The number of halogens is 1. The molecule has 1 aromatic heterocycles. The fourth-order valence-electron chi connectivity index (χ4n) is 3.01. The Hall–Kier alpha value is -3.21. The van der Waals surface area contributed by atoms with E-state index in [9.17, 15) is 9.18 Å². The van der Waals surface area contributed by atoms with Crippen LogP contribution in [0.25, 0.3) is 5.69 Å². The van der Waals surface area contributed by atoms with Crippen molar-refractivity contribution in [2.75, 3.05) is 0 Å². The number of hydrogen-bond acceptors (Lipinski definition) is 2. The predicted molar refractivity (Wildman–Crippen MR) is 106 cm³/mol. The third kappa shape index (κ3) is 3.97. The molecule has 0 radical (unpaired) electrons. The lowest BCUT2D eigenvalue weighted by Gasteiger charge is -2.11. The summed E-state index contributed by atoms with van der Waals surface area (Å²) in [5, 5.41) is 4.05. The maximum Gasteiger partial charge on any atom is 0.271 e. The highest BCUT2D eigenvalue weighted by atomic mass is 19.1. The number of hydrogen-bond donors (Lipinski definition) is 1. The van der Waals surface area contributed by atoms with Crippen molar-refractivity contribution in [2.24, 2.45) is 5.10 Å². The molecule has 0 bridgehead atoms. The first-order chi connectivity index (χ1) is 12.9. The monoisotopic (exact) mass is 363 g/mol. The number of nitrogens with zero attached hydrogens (tertiary/aromatic N) is 2. The van der Waals surface area contributed by atoms with E-state index in [-0.39, 0.29) is 11.7 Å². The molecule has 0 fully saturated rings. The second kappa shape index (κ2) is 7.58. The summed E-state index contributed by atoms with van der Waals surface area (Å²) in [7, 11) is 0. The molecule has 0 aliphatic rings. The van der Waals surface area contributed by atoms with Gasteiger partial charge in [0.2, 0.25) is 0 Å². The van der Waals surface area contributed by atoms with Crippen molar-refractivity contribution in [3.63, 3.8) is 0 Å². The van der Waals surface area contributed by atoms with Crippen LogP contribution in [0.15, 0.2) is 53.6 Å². The zero-order chi connectivity index (χ0) is 19.6. The number of rotatable bonds is 4. The molecule has 27 heavy (non-hydrogen) atoms. The number of hydrazone groups is 1. The van der Waals surface area contributed by atoms with Crippen LogP contribution < -0.4 is 5.43 Å². The average Bonchev–Trinajstić information content (AvgIpc) is 2.92. The molecule has 0 saturated carbocycles. The predicted octanol–water partition coefficient (Wildman–Crippen LogP) is 4.61. The normalized spacial score (nSPS) is 11.1. The van der Waals surface area contributed by atoms with E-state index in [0.29, 0.717) is 5.56 Å². The molecule has 0 atom stereocenters. The lowest BCUT2D eigenvalue weighted by molar-refractivity contribution is 0.0955. The number of carbonyl (C=O) groups is 1. The van der Waals surface area contributed by atoms with E-state index in [1.807, 2.05) is 19.9 Å². The van der Waals surface area contributed by atoms with Gasteiger partial charge in [0.25, 0.3) is 5.91 Å². The fourth-order valence-corrected chi connectivity index (χ4v) is 3.01. The van der Waals surface area contributed by atoms with Crippen molar-refractivity contribution in [3.05, 3.63) is 88.0 Å². The molecule has 0 spiro atoms. The third-order valence-electron chi connectivity index (χ3n) is 4.70. The maximum atomic E-state index is 12.9.